The van der Waals surface area contributed by atoms with Crippen LogP contribution in [0.2, 0.25) is 0 Å². The average molecular weight is 248 g/mol. The van der Waals surface area contributed by atoms with Crippen molar-refractivity contribution in [3.8, 4) is 0 Å². The van der Waals surface area contributed by atoms with E-state index in [2.05, 4.69) is 21.7 Å². The molecule has 0 spiro atoms. The molecule has 0 bridgehead atoms. The lowest BCUT2D eigenvalue weighted by Crippen LogP contribution is -2.62. The second kappa shape index (κ2) is 4.74. The van der Waals surface area contributed by atoms with Crippen LogP contribution in [-0.2, 0) is 4.74 Å². The number of morpholine rings is 1. The second-order valence-corrected chi connectivity index (χ2v) is 5.16. The lowest BCUT2D eigenvalue weighted by atomic mass is 10.1. The Kier molecular flexibility index (Phi) is 3.09. The summed E-state index contributed by atoms with van der Waals surface area (Å²) in [6, 6.07) is 3.02. The Bertz CT molecular complexity index is 425. The molecule has 3 heterocycles. The zero-order valence-corrected chi connectivity index (χ0v) is 10.7. The van der Waals surface area contributed by atoms with Gasteiger partial charge in [-0.1, -0.05) is 0 Å². The third-order valence-corrected chi connectivity index (χ3v) is 3.92. The van der Waals surface area contributed by atoms with Crippen molar-refractivity contribution < 1.29 is 4.74 Å². The Morgan fingerprint density at radius 1 is 1.44 bits per heavy atom. The normalized spacial score (nSPS) is 29.1. The topological polar surface area (TPSA) is 54.6 Å². The van der Waals surface area contributed by atoms with Crippen molar-refractivity contribution in [3.05, 3.63) is 18.5 Å². The van der Waals surface area contributed by atoms with Crippen molar-refractivity contribution in [1.82, 2.24) is 9.88 Å². The molecule has 98 valence electrons. The number of piperazine rings is 1. The Morgan fingerprint density at radius 2 is 2.33 bits per heavy atom. The van der Waals surface area contributed by atoms with Gasteiger partial charge < -0.3 is 15.4 Å². The number of anilines is 2. The number of hydrogen-bond acceptors (Lipinski definition) is 5. The van der Waals surface area contributed by atoms with Gasteiger partial charge in [0.25, 0.3) is 0 Å². The first kappa shape index (κ1) is 11.7. The fraction of sp³-hybridized carbons (Fsp3) is 0.615. The van der Waals surface area contributed by atoms with Crippen molar-refractivity contribution in [3.63, 3.8) is 0 Å². The second-order valence-electron chi connectivity index (χ2n) is 5.16. The van der Waals surface area contributed by atoms with Gasteiger partial charge >= 0.3 is 0 Å². The largest absolute Gasteiger partial charge is 0.396 e. The molecule has 2 atom stereocenters. The van der Waals surface area contributed by atoms with Crippen molar-refractivity contribution in [2.45, 2.75) is 19.0 Å². The van der Waals surface area contributed by atoms with Crippen LogP contribution in [0.4, 0.5) is 11.4 Å². The maximum absolute atomic E-state index is 6.02. The van der Waals surface area contributed by atoms with E-state index >= 15 is 0 Å². The van der Waals surface area contributed by atoms with Crippen molar-refractivity contribution in [2.75, 3.05) is 43.5 Å². The van der Waals surface area contributed by atoms with Crippen molar-refractivity contribution in [1.29, 1.82) is 0 Å². The minimum atomic E-state index is 0.482. The van der Waals surface area contributed by atoms with Gasteiger partial charge in [0.2, 0.25) is 0 Å². The first-order chi connectivity index (χ1) is 8.75. The molecule has 2 aliphatic rings. The maximum Gasteiger partial charge on any atom is 0.0738 e. The number of fused-ring (bicyclic) bond motifs is 1. The van der Waals surface area contributed by atoms with Gasteiger partial charge in [0.1, 0.15) is 0 Å². The molecule has 1 aromatic heterocycles. The Balaban J connectivity index is 1.81. The Labute approximate surface area is 108 Å². The summed E-state index contributed by atoms with van der Waals surface area (Å²) in [6.45, 7) is 7.01. The number of rotatable bonds is 1. The highest BCUT2D eigenvalue weighted by molar-refractivity contribution is 5.66. The fourth-order valence-electron chi connectivity index (χ4n) is 3.04. The van der Waals surface area contributed by atoms with E-state index in [0.29, 0.717) is 12.1 Å². The lowest BCUT2D eigenvalue weighted by molar-refractivity contribution is -0.0317. The van der Waals surface area contributed by atoms with Crippen LogP contribution >= 0.6 is 0 Å². The molecule has 2 saturated heterocycles. The first-order valence-electron chi connectivity index (χ1n) is 6.53. The lowest BCUT2D eigenvalue weighted by Gasteiger charge is -2.48. The molecule has 0 saturated carbocycles. The summed E-state index contributed by atoms with van der Waals surface area (Å²) in [6.07, 6.45) is 3.53. The standard InChI is InChI=1S/C13H20N4O/c1-10-7-16(13-2-3-15-6-12(13)14)8-11-9-18-5-4-17(10)11/h2-3,6,10-11H,4-5,7-9,14H2,1H3/t10?,11-/m1/s1. The zero-order chi connectivity index (χ0) is 12.5. The maximum atomic E-state index is 6.02. The smallest absolute Gasteiger partial charge is 0.0738 e. The zero-order valence-electron chi connectivity index (χ0n) is 10.7. The number of nitrogens with two attached hydrogens (primary N) is 1. The number of pyridine rings is 1. The molecule has 2 aliphatic heterocycles. The molecular formula is C13H20N4O. The minimum Gasteiger partial charge on any atom is -0.396 e. The van der Waals surface area contributed by atoms with Gasteiger partial charge in [-0.3, -0.25) is 9.88 Å². The molecular weight excluding hydrogens is 228 g/mol. The molecule has 5 heteroatoms. The SMILES string of the molecule is CC1CN(c2ccncc2N)C[C@@H]2COCCN12. The summed E-state index contributed by atoms with van der Waals surface area (Å²) >= 11 is 0. The van der Waals surface area contributed by atoms with Crippen molar-refractivity contribution in [2.24, 2.45) is 0 Å². The van der Waals surface area contributed by atoms with E-state index in [1.54, 1.807) is 12.4 Å². The van der Waals surface area contributed by atoms with Crippen LogP contribution in [-0.4, -0.2) is 54.8 Å². The predicted octanol–water partition coefficient (Wildman–Crippen LogP) is 0.573. The van der Waals surface area contributed by atoms with Crippen LogP contribution < -0.4 is 10.6 Å². The molecule has 0 aromatic carbocycles. The van der Waals surface area contributed by atoms with E-state index in [9.17, 15) is 0 Å². The van der Waals surface area contributed by atoms with Gasteiger partial charge in [0, 0.05) is 31.9 Å². The fourth-order valence-corrected chi connectivity index (χ4v) is 3.04. The number of aromatic nitrogens is 1. The summed E-state index contributed by atoms with van der Waals surface area (Å²) in [7, 11) is 0. The number of nitrogen functional groups attached to an aromatic ring is 1. The molecule has 0 aliphatic carbocycles. The van der Waals surface area contributed by atoms with Gasteiger partial charge in [0.05, 0.1) is 36.8 Å². The monoisotopic (exact) mass is 248 g/mol. The van der Waals surface area contributed by atoms with E-state index in [-0.39, 0.29) is 0 Å². The van der Waals surface area contributed by atoms with Gasteiger partial charge in [0.15, 0.2) is 0 Å². The van der Waals surface area contributed by atoms with Crippen LogP contribution in [0.3, 0.4) is 0 Å². The number of hydrogen-bond donors (Lipinski definition) is 1. The minimum absolute atomic E-state index is 0.482. The summed E-state index contributed by atoms with van der Waals surface area (Å²) < 4.78 is 5.59. The molecule has 5 nitrogen and oxygen atoms in total. The van der Waals surface area contributed by atoms with E-state index in [4.69, 9.17) is 10.5 Å². The summed E-state index contributed by atoms with van der Waals surface area (Å²) in [4.78, 5) is 8.97. The van der Waals surface area contributed by atoms with E-state index in [1.165, 1.54) is 0 Å². The summed E-state index contributed by atoms with van der Waals surface area (Å²) in [5.74, 6) is 0. The molecule has 18 heavy (non-hydrogen) atoms. The van der Waals surface area contributed by atoms with Gasteiger partial charge in [-0.25, -0.2) is 0 Å². The van der Waals surface area contributed by atoms with Crippen LogP contribution in [0.25, 0.3) is 0 Å². The molecule has 0 radical (unpaired) electrons. The molecule has 1 aromatic rings. The van der Waals surface area contributed by atoms with Crippen molar-refractivity contribution >= 4 is 11.4 Å². The number of ether oxygens (including phenoxy) is 1. The highest BCUT2D eigenvalue weighted by atomic mass is 16.5. The first-order valence-corrected chi connectivity index (χ1v) is 6.53. The molecule has 2 N–H and O–H groups in total. The summed E-state index contributed by atoms with van der Waals surface area (Å²) in [5, 5.41) is 0. The average Bonchev–Trinajstić information content (AvgIpc) is 2.39. The molecule has 3 rings (SSSR count). The molecule has 0 amide bonds. The van der Waals surface area contributed by atoms with E-state index in [1.807, 2.05) is 6.07 Å². The Hall–Kier alpha value is -1.33. The summed E-state index contributed by atoms with van der Waals surface area (Å²) in [5.41, 5.74) is 7.87. The number of nitrogens with zero attached hydrogens (tertiary/aromatic N) is 3. The highest BCUT2D eigenvalue weighted by Gasteiger charge is 2.34. The van der Waals surface area contributed by atoms with Crippen LogP contribution in [0.15, 0.2) is 18.5 Å². The van der Waals surface area contributed by atoms with E-state index < -0.39 is 0 Å². The van der Waals surface area contributed by atoms with Gasteiger partial charge in [-0.2, -0.15) is 0 Å². The molecule has 1 unspecified atom stereocenters. The van der Waals surface area contributed by atoms with E-state index in [0.717, 1.165) is 44.2 Å². The van der Waals surface area contributed by atoms with Crippen LogP contribution in [0.5, 0.6) is 0 Å². The predicted molar refractivity (Wildman–Crippen MR) is 71.6 cm³/mol. The van der Waals surface area contributed by atoms with Gasteiger partial charge in [-0.05, 0) is 13.0 Å². The third-order valence-electron chi connectivity index (χ3n) is 3.92. The van der Waals surface area contributed by atoms with Crippen LogP contribution in [0.1, 0.15) is 6.92 Å². The quantitative estimate of drug-likeness (QED) is 0.787. The Morgan fingerprint density at radius 3 is 3.17 bits per heavy atom. The third kappa shape index (κ3) is 2.04. The van der Waals surface area contributed by atoms with Gasteiger partial charge in [-0.15, -0.1) is 0 Å². The molecule has 2 fully saturated rings. The van der Waals surface area contributed by atoms with Crippen LogP contribution in [0, 0.1) is 0 Å². The highest BCUT2D eigenvalue weighted by Crippen LogP contribution is 2.27.